The second-order valence-corrected chi connectivity index (χ2v) is 4.36. The number of H-pyrrole nitrogens is 2. The number of aromatic hydroxyl groups is 1. The van der Waals surface area contributed by atoms with Gasteiger partial charge in [-0.05, 0) is 35.9 Å². The van der Waals surface area contributed by atoms with E-state index in [0.29, 0.717) is 6.54 Å². The molecule has 0 fully saturated rings. The minimum absolute atomic E-state index is 0.203. The molecule has 0 aliphatic carbocycles. The quantitative estimate of drug-likeness (QED) is 0.579. The highest BCUT2D eigenvalue weighted by Crippen LogP contribution is 2.16. The maximum Gasteiger partial charge on any atom is 0.323 e. The van der Waals surface area contributed by atoms with Crippen LogP contribution in [-0.2, 0) is 6.54 Å². The lowest BCUT2D eigenvalue weighted by molar-refractivity contribution is 0.475. The molecule has 0 saturated heterocycles. The number of phenols is 1. The lowest BCUT2D eigenvalue weighted by Gasteiger charge is -2.06. The molecule has 1 heterocycles. The van der Waals surface area contributed by atoms with Gasteiger partial charge < -0.3 is 20.4 Å². The van der Waals surface area contributed by atoms with E-state index in [-0.39, 0.29) is 11.4 Å². The predicted octanol–water partition coefficient (Wildman–Crippen LogP) is 2.17. The van der Waals surface area contributed by atoms with Crippen molar-refractivity contribution in [2.24, 2.45) is 0 Å². The Balaban J connectivity index is 1.77. The molecule has 0 atom stereocenters. The number of rotatable bonds is 3. The Hall–Kier alpha value is -2.69. The van der Waals surface area contributed by atoms with E-state index in [1.54, 1.807) is 12.1 Å². The van der Waals surface area contributed by atoms with E-state index in [1.807, 2.05) is 30.3 Å². The van der Waals surface area contributed by atoms with Gasteiger partial charge in [0.05, 0.1) is 11.0 Å². The molecule has 1 aromatic heterocycles. The number of phenolic OH excluding ortho intramolecular Hbond substituents is 1. The van der Waals surface area contributed by atoms with E-state index in [1.165, 1.54) is 0 Å². The largest absolute Gasteiger partial charge is 0.508 e. The van der Waals surface area contributed by atoms with Gasteiger partial charge in [-0.15, -0.1) is 0 Å². The summed E-state index contributed by atoms with van der Waals surface area (Å²) in [5.74, 6) is 0.259. The Morgan fingerprint density at radius 1 is 1.00 bits per heavy atom. The number of anilines is 1. The van der Waals surface area contributed by atoms with Crippen molar-refractivity contribution in [3.05, 3.63) is 58.5 Å². The highest BCUT2D eigenvalue weighted by Gasteiger charge is 2.00. The van der Waals surface area contributed by atoms with Gasteiger partial charge in [-0.25, -0.2) is 4.79 Å². The molecule has 3 aromatic rings. The molecule has 0 unspecified atom stereocenters. The molecule has 4 N–H and O–H groups in total. The molecule has 5 heteroatoms. The fourth-order valence-corrected chi connectivity index (χ4v) is 1.96. The van der Waals surface area contributed by atoms with Crippen molar-refractivity contribution in [3.63, 3.8) is 0 Å². The lowest BCUT2D eigenvalue weighted by Crippen LogP contribution is -1.99. The van der Waals surface area contributed by atoms with E-state index < -0.39 is 0 Å². The number of aromatic nitrogens is 2. The summed E-state index contributed by atoms with van der Waals surface area (Å²) in [6.07, 6.45) is 0. The van der Waals surface area contributed by atoms with Crippen LogP contribution in [0.4, 0.5) is 5.69 Å². The summed E-state index contributed by atoms with van der Waals surface area (Å²) in [5, 5.41) is 12.5. The SMILES string of the molecule is O=c1[nH]c2ccc(NCc3ccc(O)cc3)cc2[nH]1. The average Bonchev–Trinajstić information content (AvgIpc) is 2.77. The first-order valence-corrected chi connectivity index (χ1v) is 5.94. The molecule has 19 heavy (non-hydrogen) atoms. The molecule has 2 aromatic carbocycles. The number of hydrogen-bond acceptors (Lipinski definition) is 3. The summed E-state index contributed by atoms with van der Waals surface area (Å²) in [6, 6.07) is 12.7. The van der Waals surface area contributed by atoms with E-state index in [0.717, 1.165) is 22.3 Å². The first-order chi connectivity index (χ1) is 9.20. The molecule has 96 valence electrons. The Morgan fingerprint density at radius 3 is 2.53 bits per heavy atom. The van der Waals surface area contributed by atoms with Crippen molar-refractivity contribution >= 4 is 16.7 Å². The van der Waals surface area contributed by atoms with Gasteiger partial charge in [0.25, 0.3) is 0 Å². The van der Waals surface area contributed by atoms with Gasteiger partial charge >= 0.3 is 5.69 Å². The normalized spacial score (nSPS) is 10.7. The Labute approximate surface area is 108 Å². The fourth-order valence-electron chi connectivity index (χ4n) is 1.96. The number of hydrogen-bond donors (Lipinski definition) is 4. The molecule has 5 nitrogen and oxygen atoms in total. The maximum atomic E-state index is 11.2. The predicted molar refractivity (Wildman–Crippen MR) is 74.4 cm³/mol. The maximum absolute atomic E-state index is 11.2. The van der Waals surface area contributed by atoms with Crippen LogP contribution in [0, 0.1) is 0 Å². The van der Waals surface area contributed by atoms with E-state index in [2.05, 4.69) is 15.3 Å². The van der Waals surface area contributed by atoms with Crippen molar-refractivity contribution < 1.29 is 5.11 Å². The molecule has 0 aliphatic heterocycles. The van der Waals surface area contributed by atoms with Crippen LogP contribution in [0.2, 0.25) is 0 Å². The van der Waals surface area contributed by atoms with Gasteiger partial charge in [-0.2, -0.15) is 0 Å². The van der Waals surface area contributed by atoms with Gasteiger partial charge in [0.1, 0.15) is 5.75 Å². The van der Waals surface area contributed by atoms with Gasteiger partial charge in [0.2, 0.25) is 0 Å². The molecule has 0 amide bonds. The molecule has 0 spiro atoms. The van der Waals surface area contributed by atoms with Crippen LogP contribution in [-0.4, -0.2) is 15.1 Å². The summed E-state index contributed by atoms with van der Waals surface area (Å²) in [7, 11) is 0. The van der Waals surface area contributed by atoms with E-state index in [4.69, 9.17) is 0 Å². The van der Waals surface area contributed by atoms with Crippen molar-refractivity contribution in [2.45, 2.75) is 6.54 Å². The molecular weight excluding hydrogens is 242 g/mol. The van der Waals surface area contributed by atoms with Gasteiger partial charge in [-0.3, -0.25) is 0 Å². The van der Waals surface area contributed by atoms with Crippen LogP contribution in [0.25, 0.3) is 11.0 Å². The zero-order valence-electron chi connectivity index (χ0n) is 10.1. The standard InChI is InChI=1S/C14H13N3O2/c18-11-4-1-9(2-5-11)8-15-10-3-6-12-13(7-10)17-14(19)16-12/h1-7,15,18H,8H2,(H2,16,17,19). The van der Waals surface area contributed by atoms with Crippen molar-refractivity contribution in [3.8, 4) is 5.75 Å². The van der Waals surface area contributed by atoms with Gasteiger partial charge in [0.15, 0.2) is 0 Å². The Morgan fingerprint density at radius 2 is 1.74 bits per heavy atom. The van der Waals surface area contributed by atoms with Crippen molar-refractivity contribution in [1.29, 1.82) is 0 Å². The summed E-state index contributed by atoms with van der Waals surface area (Å²) in [4.78, 5) is 16.6. The number of aromatic amines is 2. The van der Waals surface area contributed by atoms with Crippen molar-refractivity contribution in [2.75, 3.05) is 5.32 Å². The summed E-state index contributed by atoms with van der Waals surface area (Å²) < 4.78 is 0. The molecule has 0 radical (unpaired) electrons. The Kier molecular flexibility index (Phi) is 2.72. The third kappa shape index (κ3) is 2.44. The van der Waals surface area contributed by atoms with E-state index in [9.17, 15) is 9.90 Å². The zero-order valence-corrected chi connectivity index (χ0v) is 10.1. The van der Waals surface area contributed by atoms with Gasteiger partial charge in [-0.1, -0.05) is 12.1 Å². The highest BCUT2D eigenvalue weighted by molar-refractivity contribution is 5.78. The average molecular weight is 255 g/mol. The third-order valence-corrected chi connectivity index (χ3v) is 2.95. The summed E-state index contributed by atoms with van der Waals surface area (Å²) in [5.41, 5.74) is 3.36. The summed E-state index contributed by atoms with van der Waals surface area (Å²) >= 11 is 0. The first-order valence-electron chi connectivity index (χ1n) is 5.94. The summed E-state index contributed by atoms with van der Waals surface area (Å²) in [6.45, 7) is 0.653. The number of nitrogens with one attached hydrogen (secondary N) is 3. The van der Waals surface area contributed by atoms with Crippen LogP contribution in [0.5, 0.6) is 5.75 Å². The second kappa shape index (κ2) is 4.53. The van der Waals surface area contributed by atoms with Crippen molar-refractivity contribution in [1.82, 2.24) is 9.97 Å². The van der Waals surface area contributed by atoms with Crippen LogP contribution >= 0.6 is 0 Å². The highest BCUT2D eigenvalue weighted by atomic mass is 16.3. The Bertz CT molecular complexity index is 756. The van der Waals surface area contributed by atoms with Crippen LogP contribution in [0.3, 0.4) is 0 Å². The van der Waals surface area contributed by atoms with Gasteiger partial charge in [0, 0.05) is 12.2 Å². The third-order valence-electron chi connectivity index (χ3n) is 2.95. The number of benzene rings is 2. The first kappa shape index (κ1) is 11.4. The van der Waals surface area contributed by atoms with Crippen LogP contribution in [0.1, 0.15) is 5.56 Å². The second-order valence-electron chi connectivity index (χ2n) is 4.36. The molecular formula is C14H13N3O2. The molecule has 0 aliphatic rings. The smallest absolute Gasteiger partial charge is 0.323 e. The number of fused-ring (bicyclic) bond motifs is 1. The number of imidazole rings is 1. The minimum Gasteiger partial charge on any atom is -0.508 e. The topological polar surface area (TPSA) is 80.9 Å². The fraction of sp³-hybridized carbons (Fsp3) is 0.0714. The van der Waals surface area contributed by atoms with E-state index >= 15 is 0 Å². The molecule has 0 bridgehead atoms. The van der Waals surface area contributed by atoms with Crippen LogP contribution in [0.15, 0.2) is 47.3 Å². The molecule has 0 saturated carbocycles. The van der Waals surface area contributed by atoms with Crippen LogP contribution < -0.4 is 11.0 Å². The monoisotopic (exact) mass is 255 g/mol. The molecule has 3 rings (SSSR count). The lowest BCUT2D eigenvalue weighted by atomic mass is 10.2. The zero-order chi connectivity index (χ0) is 13.2. The minimum atomic E-state index is -0.203.